The van der Waals surface area contributed by atoms with E-state index in [-0.39, 0.29) is 11.7 Å². The number of carbonyl (C=O) groups excluding carboxylic acids is 1. The van der Waals surface area contributed by atoms with Crippen molar-refractivity contribution in [2.75, 3.05) is 24.3 Å². The molecule has 1 aliphatic rings. The van der Waals surface area contributed by atoms with Gasteiger partial charge in [0.2, 0.25) is 11.8 Å². The Morgan fingerprint density at radius 1 is 1.25 bits per heavy atom. The fraction of sp³-hybridized carbons (Fsp3) is 0.250. The number of hydrogen-bond donors (Lipinski definition) is 0. The Balaban J connectivity index is 1.41. The lowest BCUT2D eigenvalue weighted by molar-refractivity contribution is -0.116. The maximum absolute atomic E-state index is 12.8. The van der Waals surface area contributed by atoms with E-state index in [0.29, 0.717) is 11.1 Å². The molecule has 0 fully saturated rings. The van der Waals surface area contributed by atoms with Crippen LogP contribution in [-0.2, 0) is 11.2 Å². The summed E-state index contributed by atoms with van der Waals surface area (Å²) in [5.41, 5.74) is 2.99. The first kappa shape index (κ1) is 19.0. The molecular formula is C20H18BrN3O3S. The van der Waals surface area contributed by atoms with E-state index in [1.807, 2.05) is 41.3 Å². The van der Waals surface area contributed by atoms with Gasteiger partial charge in [-0.15, -0.1) is 10.2 Å². The van der Waals surface area contributed by atoms with Gasteiger partial charge in [0.15, 0.2) is 0 Å². The summed E-state index contributed by atoms with van der Waals surface area (Å²) in [7, 11) is 1.62. The summed E-state index contributed by atoms with van der Waals surface area (Å²) >= 11 is 4.75. The minimum atomic E-state index is 0.0393. The van der Waals surface area contributed by atoms with Gasteiger partial charge in [-0.3, -0.25) is 4.79 Å². The monoisotopic (exact) mass is 459 g/mol. The molecule has 1 aliphatic heterocycles. The van der Waals surface area contributed by atoms with Crippen LogP contribution in [0.2, 0.25) is 0 Å². The zero-order valence-electron chi connectivity index (χ0n) is 15.2. The van der Waals surface area contributed by atoms with Crippen molar-refractivity contribution in [1.29, 1.82) is 0 Å². The predicted molar refractivity (Wildman–Crippen MR) is 112 cm³/mol. The molecule has 0 saturated heterocycles. The first-order valence-corrected chi connectivity index (χ1v) is 10.6. The lowest BCUT2D eigenvalue weighted by atomic mass is 10.0. The van der Waals surface area contributed by atoms with Crippen LogP contribution < -0.4 is 9.64 Å². The van der Waals surface area contributed by atoms with E-state index >= 15 is 0 Å². The van der Waals surface area contributed by atoms with E-state index < -0.39 is 0 Å². The summed E-state index contributed by atoms with van der Waals surface area (Å²) in [6.07, 6.45) is 1.95. The van der Waals surface area contributed by atoms with Crippen molar-refractivity contribution in [3.8, 4) is 17.2 Å². The van der Waals surface area contributed by atoms with Crippen LogP contribution in [0, 0.1) is 0 Å². The SMILES string of the molecule is COc1ccc(-c2nnc(SCC(=O)N3CCCc4cc(Br)ccc43)o2)cc1. The van der Waals surface area contributed by atoms with E-state index in [4.69, 9.17) is 9.15 Å². The molecule has 0 N–H and O–H groups in total. The zero-order valence-corrected chi connectivity index (χ0v) is 17.6. The molecule has 8 heteroatoms. The van der Waals surface area contributed by atoms with Gasteiger partial charge in [-0.25, -0.2) is 0 Å². The van der Waals surface area contributed by atoms with Gasteiger partial charge < -0.3 is 14.1 Å². The van der Waals surface area contributed by atoms with E-state index in [2.05, 4.69) is 32.2 Å². The predicted octanol–water partition coefficient (Wildman–Crippen LogP) is 4.58. The van der Waals surface area contributed by atoms with Crippen molar-refractivity contribution in [1.82, 2.24) is 10.2 Å². The molecule has 0 radical (unpaired) electrons. The molecular weight excluding hydrogens is 442 g/mol. The number of hydrogen-bond acceptors (Lipinski definition) is 6. The molecule has 0 unspecified atom stereocenters. The van der Waals surface area contributed by atoms with Gasteiger partial charge in [0.25, 0.3) is 5.22 Å². The Morgan fingerprint density at radius 2 is 2.07 bits per heavy atom. The first-order chi connectivity index (χ1) is 13.6. The van der Waals surface area contributed by atoms with Gasteiger partial charge in [0.05, 0.1) is 12.9 Å². The summed E-state index contributed by atoms with van der Waals surface area (Å²) in [6, 6.07) is 13.4. The third-order valence-electron chi connectivity index (χ3n) is 4.52. The number of anilines is 1. The normalized spacial score (nSPS) is 13.3. The highest BCUT2D eigenvalue weighted by Crippen LogP contribution is 2.31. The number of fused-ring (bicyclic) bond motifs is 1. The largest absolute Gasteiger partial charge is 0.497 e. The Hall–Kier alpha value is -2.32. The Morgan fingerprint density at radius 3 is 2.86 bits per heavy atom. The van der Waals surface area contributed by atoms with Crippen LogP contribution in [0.5, 0.6) is 5.75 Å². The molecule has 3 aromatic rings. The van der Waals surface area contributed by atoms with Gasteiger partial charge in [-0.05, 0) is 60.9 Å². The topological polar surface area (TPSA) is 68.5 Å². The maximum Gasteiger partial charge on any atom is 0.277 e. The fourth-order valence-electron chi connectivity index (χ4n) is 3.14. The van der Waals surface area contributed by atoms with Crippen molar-refractivity contribution >= 4 is 39.3 Å². The highest BCUT2D eigenvalue weighted by atomic mass is 79.9. The number of aromatic nitrogens is 2. The average Bonchev–Trinajstić information content (AvgIpc) is 3.20. The lowest BCUT2D eigenvalue weighted by Gasteiger charge is -2.29. The molecule has 2 heterocycles. The summed E-state index contributed by atoms with van der Waals surface area (Å²) in [5, 5.41) is 8.50. The molecule has 1 amide bonds. The molecule has 1 aromatic heterocycles. The molecule has 0 atom stereocenters. The van der Waals surface area contributed by atoms with Crippen LogP contribution >= 0.6 is 27.7 Å². The van der Waals surface area contributed by atoms with Crippen molar-refractivity contribution in [2.24, 2.45) is 0 Å². The summed E-state index contributed by atoms with van der Waals surface area (Å²) in [4.78, 5) is 14.6. The quantitative estimate of drug-likeness (QED) is 0.520. The van der Waals surface area contributed by atoms with Crippen LogP contribution in [0.25, 0.3) is 11.5 Å². The molecule has 0 bridgehead atoms. The molecule has 0 spiro atoms. The third kappa shape index (κ3) is 4.07. The average molecular weight is 460 g/mol. The number of thioether (sulfide) groups is 1. The number of nitrogens with zero attached hydrogens (tertiary/aromatic N) is 3. The van der Waals surface area contributed by atoms with Gasteiger partial charge in [0.1, 0.15) is 5.75 Å². The molecule has 4 rings (SSSR count). The smallest absolute Gasteiger partial charge is 0.277 e. The molecule has 28 heavy (non-hydrogen) atoms. The first-order valence-electron chi connectivity index (χ1n) is 8.83. The van der Waals surface area contributed by atoms with Crippen molar-refractivity contribution < 1.29 is 13.9 Å². The fourth-order valence-corrected chi connectivity index (χ4v) is 4.19. The maximum atomic E-state index is 12.8. The second kappa shape index (κ2) is 8.36. The second-order valence-electron chi connectivity index (χ2n) is 6.31. The van der Waals surface area contributed by atoms with Crippen LogP contribution in [-0.4, -0.2) is 35.5 Å². The zero-order chi connectivity index (χ0) is 19.5. The van der Waals surface area contributed by atoms with Gasteiger partial charge in [-0.2, -0.15) is 0 Å². The highest BCUT2D eigenvalue weighted by Gasteiger charge is 2.23. The number of carbonyl (C=O) groups is 1. The Bertz CT molecular complexity index is 991. The minimum Gasteiger partial charge on any atom is -0.497 e. The number of halogens is 1. The van der Waals surface area contributed by atoms with Crippen LogP contribution in [0.15, 0.2) is 56.6 Å². The second-order valence-corrected chi connectivity index (χ2v) is 8.15. The third-order valence-corrected chi connectivity index (χ3v) is 5.82. The van der Waals surface area contributed by atoms with Gasteiger partial charge in [0, 0.05) is 22.3 Å². The van der Waals surface area contributed by atoms with Crippen molar-refractivity contribution in [3.05, 3.63) is 52.5 Å². The minimum absolute atomic E-state index is 0.0393. The lowest BCUT2D eigenvalue weighted by Crippen LogP contribution is -2.36. The van der Waals surface area contributed by atoms with Crippen molar-refractivity contribution in [2.45, 2.75) is 18.1 Å². The number of methoxy groups -OCH3 is 1. The summed E-state index contributed by atoms with van der Waals surface area (Å²) < 4.78 is 11.9. The van der Waals surface area contributed by atoms with E-state index in [0.717, 1.165) is 40.9 Å². The molecule has 6 nitrogen and oxygen atoms in total. The summed E-state index contributed by atoms with van der Waals surface area (Å²) in [5.74, 6) is 1.47. The number of benzene rings is 2. The van der Waals surface area contributed by atoms with E-state index in [1.54, 1.807) is 7.11 Å². The number of rotatable bonds is 5. The van der Waals surface area contributed by atoms with Crippen LogP contribution in [0.3, 0.4) is 0 Å². The summed E-state index contributed by atoms with van der Waals surface area (Å²) in [6.45, 7) is 0.731. The Labute approximate surface area is 175 Å². The van der Waals surface area contributed by atoms with E-state index in [1.165, 1.54) is 17.3 Å². The van der Waals surface area contributed by atoms with E-state index in [9.17, 15) is 4.79 Å². The molecule has 0 aliphatic carbocycles. The highest BCUT2D eigenvalue weighted by molar-refractivity contribution is 9.10. The van der Waals surface area contributed by atoms with Gasteiger partial charge >= 0.3 is 0 Å². The Kier molecular flexibility index (Phi) is 5.68. The van der Waals surface area contributed by atoms with Crippen molar-refractivity contribution in [3.63, 3.8) is 0 Å². The molecule has 144 valence electrons. The van der Waals surface area contributed by atoms with Crippen LogP contribution in [0.4, 0.5) is 5.69 Å². The molecule has 0 saturated carbocycles. The molecule has 2 aromatic carbocycles. The van der Waals surface area contributed by atoms with Crippen LogP contribution in [0.1, 0.15) is 12.0 Å². The van der Waals surface area contributed by atoms with Gasteiger partial charge in [-0.1, -0.05) is 27.7 Å². The standard InChI is InChI=1S/C20H18BrN3O3S/c1-26-16-7-4-13(5-8-16)19-22-23-20(27-19)28-12-18(25)24-10-2-3-14-11-15(21)6-9-17(14)24/h4-9,11H,2-3,10,12H2,1H3. The number of ether oxygens (including phenoxy) is 1. The number of aryl methyl sites for hydroxylation is 1. The number of amides is 1.